The Balaban J connectivity index is 1.61. The molecule has 0 aliphatic carbocycles. The molecule has 1 aromatic carbocycles. The molecule has 4 rings (SSSR count). The number of hydrogen-bond donors (Lipinski definition) is 1. The van der Waals surface area contributed by atoms with Crippen molar-refractivity contribution < 1.29 is 14.7 Å². The van der Waals surface area contributed by atoms with Crippen LogP contribution in [0.1, 0.15) is 52.2 Å². The van der Waals surface area contributed by atoms with Gasteiger partial charge in [0, 0.05) is 10.4 Å². The fraction of sp³-hybridized carbons (Fsp3) is 0.455. The van der Waals surface area contributed by atoms with Gasteiger partial charge < -0.3 is 5.11 Å². The highest BCUT2D eigenvalue weighted by atomic mass is 32.1. The standard InChI is InChI=1S/C22H26N2O3S/c1-16-10-11-20(28-16)19(25)14-22(27)17-8-4-5-9-18(17)24(21(22)26)15-23-12-6-2-3-7-13-23/h4-5,8-11,27H,2-3,6-7,12-15H2,1H3/t22-/m0/s1. The molecule has 0 saturated carbocycles. The summed E-state index contributed by atoms with van der Waals surface area (Å²) in [5.74, 6) is -0.583. The molecule has 1 aromatic heterocycles. The van der Waals surface area contributed by atoms with E-state index in [0.29, 0.717) is 17.1 Å². The monoisotopic (exact) mass is 398 g/mol. The average Bonchev–Trinajstić information content (AvgIpc) is 3.07. The van der Waals surface area contributed by atoms with Gasteiger partial charge in [0.2, 0.25) is 0 Å². The number of rotatable bonds is 5. The molecule has 2 aliphatic rings. The minimum atomic E-state index is -1.79. The van der Waals surface area contributed by atoms with E-state index in [-0.39, 0.29) is 18.1 Å². The fourth-order valence-electron chi connectivity index (χ4n) is 4.20. The zero-order valence-electron chi connectivity index (χ0n) is 16.2. The van der Waals surface area contributed by atoms with Crippen LogP contribution in [0.5, 0.6) is 0 Å². The molecular formula is C22H26N2O3S. The number of para-hydroxylation sites is 1. The van der Waals surface area contributed by atoms with Gasteiger partial charge in [0.25, 0.3) is 5.91 Å². The first-order chi connectivity index (χ1) is 13.5. The molecule has 1 fully saturated rings. The maximum atomic E-state index is 13.3. The van der Waals surface area contributed by atoms with E-state index in [9.17, 15) is 14.7 Å². The van der Waals surface area contributed by atoms with Crippen LogP contribution in [0.3, 0.4) is 0 Å². The first-order valence-electron chi connectivity index (χ1n) is 9.95. The number of carbonyl (C=O) groups excluding carboxylic acids is 2. The summed E-state index contributed by atoms with van der Waals surface area (Å²) in [6.45, 7) is 4.31. The Bertz CT molecular complexity index is 885. The van der Waals surface area contributed by atoms with Gasteiger partial charge in [0.15, 0.2) is 11.4 Å². The number of fused-ring (bicyclic) bond motifs is 1. The largest absolute Gasteiger partial charge is 0.375 e. The Hall–Kier alpha value is -2.02. The fourth-order valence-corrected chi connectivity index (χ4v) is 5.00. The minimum Gasteiger partial charge on any atom is -0.375 e. The van der Waals surface area contributed by atoms with Crippen LogP contribution in [0.2, 0.25) is 0 Å². The molecular weight excluding hydrogens is 372 g/mol. The molecule has 0 bridgehead atoms. The molecule has 0 spiro atoms. The Labute approximate surface area is 169 Å². The first-order valence-corrected chi connectivity index (χ1v) is 10.8. The van der Waals surface area contributed by atoms with Gasteiger partial charge >= 0.3 is 0 Å². The van der Waals surface area contributed by atoms with Crippen LogP contribution >= 0.6 is 11.3 Å². The molecule has 0 radical (unpaired) electrons. The van der Waals surface area contributed by atoms with E-state index in [4.69, 9.17) is 0 Å². The third-order valence-corrected chi connectivity index (χ3v) is 6.75. The Morgan fingerprint density at radius 3 is 2.50 bits per heavy atom. The number of thiophene rings is 1. The normalized spacial score (nSPS) is 22.9. The van der Waals surface area contributed by atoms with Crippen molar-refractivity contribution in [2.75, 3.05) is 24.7 Å². The van der Waals surface area contributed by atoms with Crippen LogP contribution < -0.4 is 4.90 Å². The van der Waals surface area contributed by atoms with Crippen molar-refractivity contribution in [3.8, 4) is 0 Å². The molecule has 0 unspecified atom stereocenters. The van der Waals surface area contributed by atoms with E-state index in [0.717, 1.165) is 36.5 Å². The molecule has 3 heterocycles. The lowest BCUT2D eigenvalue weighted by molar-refractivity contribution is -0.136. The highest BCUT2D eigenvalue weighted by Gasteiger charge is 2.51. The summed E-state index contributed by atoms with van der Waals surface area (Å²) in [6.07, 6.45) is 4.48. The van der Waals surface area contributed by atoms with Gasteiger partial charge in [0.1, 0.15) is 0 Å². The van der Waals surface area contributed by atoms with E-state index in [1.54, 1.807) is 17.0 Å². The number of ketones is 1. The van der Waals surface area contributed by atoms with Crippen LogP contribution in [0.15, 0.2) is 36.4 Å². The maximum Gasteiger partial charge on any atom is 0.265 e. The molecule has 6 heteroatoms. The second kappa shape index (κ2) is 7.78. The van der Waals surface area contributed by atoms with E-state index >= 15 is 0 Å². The highest BCUT2D eigenvalue weighted by molar-refractivity contribution is 7.14. The van der Waals surface area contributed by atoms with Crippen molar-refractivity contribution in [2.24, 2.45) is 0 Å². The molecule has 2 aromatic rings. The number of carbonyl (C=O) groups is 2. The van der Waals surface area contributed by atoms with Crippen molar-refractivity contribution in [2.45, 2.75) is 44.6 Å². The van der Waals surface area contributed by atoms with Gasteiger partial charge in [-0.05, 0) is 51.1 Å². The summed E-state index contributed by atoms with van der Waals surface area (Å²) in [5, 5.41) is 11.4. The summed E-state index contributed by atoms with van der Waals surface area (Å²) in [5.41, 5.74) is -0.539. The Morgan fingerprint density at radius 1 is 1.11 bits per heavy atom. The molecule has 28 heavy (non-hydrogen) atoms. The summed E-state index contributed by atoms with van der Waals surface area (Å²) < 4.78 is 0. The van der Waals surface area contributed by atoms with Crippen molar-refractivity contribution in [1.82, 2.24) is 4.90 Å². The molecule has 5 nitrogen and oxygen atoms in total. The lowest BCUT2D eigenvalue weighted by Crippen LogP contribution is -2.46. The summed E-state index contributed by atoms with van der Waals surface area (Å²) >= 11 is 1.40. The molecule has 2 aliphatic heterocycles. The number of Topliss-reactive ketones (excluding diaryl/α,β-unsaturated/α-hetero) is 1. The SMILES string of the molecule is Cc1ccc(C(=O)C[C@@]2(O)C(=O)N(CN3CCCCCC3)c3ccccc32)s1. The number of benzene rings is 1. The number of nitrogens with zero attached hydrogens (tertiary/aromatic N) is 2. The molecule has 1 atom stereocenters. The van der Waals surface area contributed by atoms with Crippen LogP contribution in [0, 0.1) is 6.92 Å². The van der Waals surface area contributed by atoms with Crippen LogP contribution in [0.25, 0.3) is 0 Å². The maximum absolute atomic E-state index is 13.3. The van der Waals surface area contributed by atoms with Gasteiger partial charge in [-0.15, -0.1) is 11.3 Å². The summed E-state index contributed by atoms with van der Waals surface area (Å²) in [7, 11) is 0. The summed E-state index contributed by atoms with van der Waals surface area (Å²) in [4.78, 5) is 31.7. The van der Waals surface area contributed by atoms with E-state index in [1.165, 1.54) is 24.2 Å². The molecule has 1 N–H and O–H groups in total. The number of aliphatic hydroxyl groups is 1. The number of amides is 1. The van der Waals surface area contributed by atoms with Gasteiger partial charge in [0.05, 0.1) is 23.7 Å². The number of aryl methyl sites for hydroxylation is 1. The second-order valence-corrected chi connectivity index (χ2v) is 9.08. The lowest BCUT2D eigenvalue weighted by Gasteiger charge is -2.28. The van der Waals surface area contributed by atoms with Crippen LogP contribution in [0.4, 0.5) is 5.69 Å². The van der Waals surface area contributed by atoms with Crippen LogP contribution in [-0.2, 0) is 10.4 Å². The Morgan fingerprint density at radius 2 is 1.82 bits per heavy atom. The van der Waals surface area contributed by atoms with Crippen LogP contribution in [-0.4, -0.2) is 41.5 Å². The van der Waals surface area contributed by atoms with Crippen molar-refractivity contribution >= 4 is 28.7 Å². The molecule has 1 amide bonds. The average molecular weight is 399 g/mol. The quantitative estimate of drug-likeness (QED) is 0.780. The predicted octanol–water partition coefficient (Wildman–Crippen LogP) is 3.70. The smallest absolute Gasteiger partial charge is 0.265 e. The lowest BCUT2D eigenvalue weighted by atomic mass is 9.89. The van der Waals surface area contributed by atoms with Crippen molar-refractivity contribution in [3.63, 3.8) is 0 Å². The zero-order valence-corrected chi connectivity index (χ0v) is 17.0. The third-order valence-electron chi connectivity index (χ3n) is 5.71. The zero-order chi connectivity index (χ0) is 19.7. The first kappa shape index (κ1) is 19.3. The van der Waals surface area contributed by atoms with Gasteiger partial charge in [-0.1, -0.05) is 31.0 Å². The van der Waals surface area contributed by atoms with E-state index < -0.39 is 5.60 Å². The van der Waals surface area contributed by atoms with Gasteiger partial charge in [-0.25, -0.2) is 0 Å². The predicted molar refractivity (Wildman–Crippen MR) is 111 cm³/mol. The minimum absolute atomic E-state index is 0.194. The van der Waals surface area contributed by atoms with Crippen molar-refractivity contribution in [1.29, 1.82) is 0 Å². The highest BCUT2D eigenvalue weighted by Crippen LogP contribution is 2.43. The van der Waals surface area contributed by atoms with E-state index in [2.05, 4.69) is 4.90 Å². The molecule has 148 valence electrons. The number of likely N-dealkylation sites (tertiary alicyclic amines) is 1. The van der Waals surface area contributed by atoms with Gasteiger partial charge in [-0.2, -0.15) is 0 Å². The summed E-state index contributed by atoms with van der Waals surface area (Å²) in [6, 6.07) is 11.0. The van der Waals surface area contributed by atoms with Gasteiger partial charge in [-0.3, -0.25) is 19.4 Å². The third kappa shape index (κ3) is 3.52. The van der Waals surface area contributed by atoms with Crippen molar-refractivity contribution in [3.05, 3.63) is 51.7 Å². The number of hydrogen-bond acceptors (Lipinski definition) is 5. The number of anilines is 1. The second-order valence-electron chi connectivity index (χ2n) is 7.79. The van der Waals surface area contributed by atoms with E-state index in [1.807, 2.05) is 31.2 Å². The Kier molecular flexibility index (Phi) is 5.36. The molecule has 1 saturated heterocycles. The topological polar surface area (TPSA) is 60.9 Å².